The smallest absolute Gasteiger partial charge is 0.157 e. The second kappa shape index (κ2) is 4.68. The molecule has 0 aromatic heterocycles. The first-order valence-corrected chi connectivity index (χ1v) is 9.22. The molecule has 2 nitrogen and oxygen atoms in total. The van der Waals surface area contributed by atoms with E-state index in [9.17, 15) is 0 Å². The molecule has 5 rings (SSSR count). The van der Waals surface area contributed by atoms with Gasteiger partial charge >= 0.3 is 0 Å². The first-order valence-electron chi connectivity index (χ1n) is 8.23. The van der Waals surface area contributed by atoms with Gasteiger partial charge in [0.1, 0.15) is 0 Å². The largest absolute Gasteiger partial charge is 0.359 e. The van der Waals surface area contributed by atoms with Crippen LogP contribution in [-0.4, -0.2) is 22.5 Å². The number of nitrogens with one attached hydrogen (secondary N) is 1. The number of nitrogens with zero attached hydrogens (tertiary/aromatic N) is 1. The van der Waals surface area contributed by atoms with Crippen LogP contribution in [0.4, 0.5) is 0 Å². The van der Waals surface area contributed by atoms with Crippen molar-refractivity contribution < 1.29 is 0 Å². The molecule has 1 N–H and O–H groups in total. The molecule has 106 valence electrons. The average Bonchev–Trinajstić information content (AvgIpc) is 2.36. The Morgan fingerprint density at radius 1 is 1.16 bits per heavy atom. The number of hydrogen-bond donors (Lipinski definition) is 1. The lowest BCUT2D eigenvalue weighted by Gasteiger charge is -2.57. The van der Waals surface area contributed by atoms with Crippen molar-refractivity contribution in [3.05, 3.63) is 0 Å². The first-order chi connectivity index (χ1) is 9.25. The number of thioether (sulfide) groups is 1. The summed E-state index contributed by atoms with van der Waals surface area (Å²) in [4.78, 5) is 4.94. The zero-order valence-electron chi connectivity index (χ0n) is 12.0. The van der Waals surface area contributed by atoms with Gasteiger partial charge in [-0.3, -0.25) is 4.99 Å². The van der Waals surface area contributed by atoms with Crippen LogP contribution < -0.4 is 5.32 Å². The van der Waals surface area contributed by atoms with Crippen LogP contribution in [-0.2, 0) is 0 Å². The first kappa shape index (κ1) is 12.6. The van der Waals surface area contributed by atoms with Crippen LogP contribution >= 0.6 is 11.8 Å². The summed E-state index contributed by atoms with van der Waals surface area (Å²) in [5.74, 6) is 4.33. The van der Waals surface area contributed by atoms with E-state index in [1.54, 1.807) is 0 Å². The van der Waals surface area contributed by atoms with E-state index in [0.717, 1.165) is 17.8 Å². The summed E-state index contributed by atoms with van der Waals surface area (Å²) in [5, 5.41) is 5.22. The Morgan fingerprint density at radius 2 is 1.79 bits per heavy atom. The van der Waals surface area contributed by atoms with Crippen LogP contribution in [0.1, 0.15) is 58.3 Å². The van der Waals surface area contributed by atoms with Gasteiger partial charge in [-0.15, -0.1) is 0 Å². The molecule has 0 spiro atoms. The highest BCUT2D eigenvalue weighted by molar-refractivity contribution is 8.13. The van der Waals surface area contributed by atoms with Crippen molar-refractivity contribution in [3.8, 4) is 0 Å². The van der Waals surface area contributed by atoms with E-state index in [0.29, 0.717) is 11.6 Å². The maximum Gasteiger partial charge on any atom is 0.157 e. The zero-order valence-corrected chi connectivity index (χ0v) is 12.8. The highest BCUT2D eigenvalue weighted by Crippen LogP contribution is 2.55. The second-order valence-electron chi connectivity index (χ2n) is 7.46. The van der Waals surface area contributed by atoms with Gasteiger partial charge in [0.25, 0.3) is 0 Å². The molecule has 1 heterocycles. The Balaban J connectivity index is 1.51. The van der Waals surface area contributed by atoms with E-state index in [-0.39, 0.29) is 0 Å². The molecule has 4 aliphatic carbocycles. The Hall–Kier alpha value is -0.180. The quantitative estimate of drug-likeness (QED) is 0.830. The molecule has 0 saturated heterocycles. The molecular weight excluding hydrogens is 252 g/mol. The molecule has 0 aromatic rings. The summed E-state index contributed by atoms with van der Waals surface area (Å²) in [6.45, 7) is 2.27. The predicted molar refractivity (Wildman–Crippen MR) is 82.6 cm³/mol. The average molecular weight is 278 g/mol. The fourth-order valence-electron chi connectivity index (χ4n) is 5.41. The van der Waals surface area contributed by atoms with Crippen LogP contribution in [0, 0.1) is 17.8 Å². The van der Waals surface area contributed by atoms with Crippen molar-refractivity contribution in [2.24, 2.45) is 22.7 Å². The Kier molecular flexibility index (Phi) is 3.09. The zero-order chi connectivity index (χ0) is 12.9. The topological polar surface area (TPSA) is 24.4 Å². The summed E-state index contributed by atoms with van der Waals surface area (Å²) in [7, 11) is 0. The van der Waals surface area contributed by atoms with Gasteiger partial charge in [0.2, 0.25) is 0 Å². The third-order valence-corrected chi connectivity index (χ3v) is 6.79. The summed E-state index contributed by atoms with van der Waals surface area (Å²) < 4.78 is 0. The fourth-order valence-corrected chi connectivity index (χ4v) is 6.51. The lowest BCUT2D eigenvalue weighted by atomic mass is 9.53. The van der Waals surface area contributed by atoms with E-state index in [1.807, 2.05) is 11.8 Å². The van der Waals surface area contributed by atoms with Gasteiger partial charge in [-0.25, -0.2) is 0 Å². The third kappa shape index (κ3) is 2.32. The normalized spacial score (nSPS) is 48.2. The molecule has 3 heteroatoms. The predicted octanol–water partition coefficient (Wildman–Crippen LogP) is 3.82. The molecule has 1 aliphatic heterocycles. The molecule has 0 radical (unpaired) electrons. The molecule has 19 heavy (non-hydrogen) atoms. The molecule has 1 unspecified atom stereocenters. The van der Waals surface area contributed by atoms with Crippen LogP contribution in [0.25, 0.3) is 0 Å². The van der Waals surface area contributed by atoms with Crippen LogP contribution in [0.3, 0.4) is 0 Å². The minimum Gasteiger partial charge on any atom is -0.359 e. The number of amidine groups is 1. The van der Waals surface area contributed by atoms with Gasteiger partial charge in [0.15, 0.2) is 5.17 Å². The molecule has 0 aromatic carbocycles. The van der Waals surface area contributed by atoms with Crippen molar-refractivity contribution in [3.63, 3.8) is 0 Å². The van der Waals surface area contributed by atoms with Gasteiger partial charge < -0.3 is 5.32 Å². The van der Waals surface area contributed by atoms with Crippen molar-refractivity contribution in [1.29, 1.82) is 0 Å². The van der Waals surface area contributed by atoms with Gasteiger partial charge in [-0.05, 0) is 69.1 Å². The Bertz CT molecular complexity index is 355. The standard InChI is InChI=1S/C16H26N2S/c1-2-14-3-4-19-15(17-14)18-16-8-11-5-12(9-16)7-13(6-11)10-16/h11-14H,2-10H2,1H3,(H,17,18). The number of hydrogen-bond acceptors (Lipinski definition) is 3. The van der Waals surface area contributed by atoms with Gasteiger partial charge in [-0.1, -0.05) is 18.7 Å². The Morgan fingerprint density at radius 3 is 2.37 bits per heavy atom. The molecule has 1 atom stereocenters. The molecule has 4 fully saturated rings. The third-order valence-electron chi connectivity index (χ3n) is 5.87. The maximum atomic E-state index is 4.94. The van der Waals surface area contributed by atoms with Crippen molar-refractivity contribution in [2.75, 3.05) is 5.75 Å². The number of aliphatic imine (C=N–C) groups is 1. The van der Waals surface area contributed by atoms with E-state index >= 15 is 0 Å². The van der Waals surface area contributed by atoms with Gasteiger partial charge in [0, 0.05) is 11.3 Å². The molecule has 0 amide bonds. The fraction of sp³-hybridized carbons (Fsp3) is 0.938. The molecular formula is C16H26N2S. The van der Waals surface area contributed by atoms with Crippen molar-refractivity contribution in [1.82, 2.24) is 5.32 Å². The van der Waals surface area contributed by atoms with Gasteiger partial charge in [-0.2, -0.15) is 0 Å². The monoisotopic (exact) mass is 278 g/mol. The van der Waals surface area contributed by atoms with Crippen molar-refractivity contribution >= 4 is 16.9 Å². The highest BCUT2D eigenvalue weighted by atomic mass is 32.2. The second-order valence-corrected chi connectivity index (χ2v) is 8.54. The van der Waals surface area contributed by atoms with Gasteiger partial charge in [0.05, 0.1) is 6.04 Å². The van der Waals surface area contributed by atoms with Crippen molar-refractivity contribution in [2.45, 2.75) is 69.9 Å². The SMILES string of the molecule is CCC1CCSC(NC23CC4CC(CC(C4)C2)C3)=N1. The maximum absolute atomic E-state index is 4.94. The minimum atomic E-state index is 0.441. The summed E-state index contributed by atoms with van der Waals surface area (Å²) in [5.41, 5.74) is 0.441. The summed E-state index contributed by atoms with van der Waals surface area (Å²) in [6.07, 6.45) is 11.3. The summed E-state index contributed by atoms with van der Waals surface area (Å²) >= 11 is 1.97. The van der Waals surface area contributed by atoms with Crippen LogP contribution in [0.5, 0.6) is 0 Å². The summed E-state index contributed by atoms with van der Waals surface area (Å²) in [6, 6.07) is 0.581. The molecule has 4 bridgehead atoms. The Labute approximate surface area is 121 Å². The van der Waals surface area contributed by atoms with E-state index < -0.39 is 0 Å². The van der Waals surface area contributed by atoms with Crippen LogP contribution in [0.2, 0.25) is 0 Å². The van der Waals surface area contributed by atoms with Crippen LogP contribution in [0.15, 0.2) is 4.99 Å². The van der Waals surface area contributed by atoms with E-state index in [1.165, 1.54) is 62.3 Å². The lowest BCUT2D eigenvalue weighted by molar-refractivity contribution is -0.00969. The van der Waals surface area contributed by atoms with E-state index in [4.69, 9.17) is 4.99 Å². The van der Waals surface area contributed by atoms with E-state index in [2.05, 4.69) is 12.2 Å². The minimum absolute atomic E-state index is 0.441. The highest BCUT2D eigenvalue weighted by Gasteiger charge is 2.51. The molecule has 5 aliphatic rings. The lowest BCUT2D eigenvalue weighted by Crippen LogP contribution is -2.59. The molecule has 4 saturated carbocycles. The number of rotatable bonds is 2.